The molecule has 0 bridgehead atoms. The highest BCUT2D eigenvalue weighted by Crippen LogP contribution is 2.15. The van der Waals surface area contributed by atoms with Crippen LogP contribution in [0.2, 0.25) is 5.02 Å². The zero-order valence-corrected chi connectivity index (χ0v) is 8.07. The van der Waals surface area contributed by atoms with Gasteiger partial charge in [0.05, 0.1) is 11.6 Å². The van der Waals surface area contributed by atoms with Crippen molar-refractivity contribution in [3.8, 4) is 0 Å². The van der Waals surface area contributed by atoms with E-state index in [4.69, 9.17) is 16.4 Å². The predicted octanol–water partition coefficient (Wildman–Crippen LogP) is 2.52. The van der Waals surface area contributed by atoms with Gasteiger partial charge in [-0.3, -0.25) is 0 Å². The summed E-state index contributed by atoms with van der Waals surface area (Å²) in [4.78, 5) is 4.90. The fourth-order valence-electron chi connectivity index (χ4n) is 0.886. The third-order valence-corrected chi connectivity index (χ3v) is 1.81. The number of benzene rings is 1. The first-order valence-corrected chi connectivity index (χ1v) is 4.40. The first kappa shape index (κ1) is 10.4. The van der Waals surface area contributed by atoms with Crippen LogP contribution in [0.15, 0.2) is 18.2 Å². The molecule has 0 radical (unpaired) electrons. The number of hydrogen-bond acceptors (Lipinski definition) is 2. The first-order valence-electron chi connectivity index (χ1n) is 4.02. The zero-order valence-electron chi connectivity index (χ0n) is 7.31. The Hall–Kier alpha value is -0.640. The van der Waals surface area contributed by atoms with Crippen LogP contribution >= 0.6 is 11.6 Å². The largest absolute Gasteiger partial charge is 0.302 e. The Balaban J connectivity index is 2.53. The topological polar surface area (TPSA) is 21.3 Å². The summed E-state index contributed by atoms with van der Waals surface area (Å²) in [5.74, 6) is -0.405. The molecule has 4 heteroatoms. The summed E-state index contributed by atoms with van der Waals surface area (Å²) >= 11 is 5.52. The van der Waals surface area contributed by atoms with Crippen molar-refractivity contribution in [3.05, 3.63) is 34.6 Å². The highest BCUT2D eigenvalue weighted by molar-refractivity contribution is 6.30. The van der Waals surface area contributed by atoms with Gasteiger partial charge >= 0.3 is 0 Å². The van der Waals surface area contributed by atoms with Gasteiger partial charge < -0.3 is 4.84 Å². The minimum absolute atomic E-state index is 0.139. The molecule has 0 unspecified atom stereocenters. The molecule has 1 rings (SSSR count). The molecular formula is C9H11ClFNO. The van der Waals surface area contributed by atoms with Gasteiger partial charge in [0.1, 0.15) is 5.82 Å². The maximum Gasteiger partial charge on any atom is 0.142 e. The van der Waals surface area contributed by atoms with Crippen LogP contribution in [0, 0.1) is 5.82 Å². The van der Waals surface area contributed by atoms with Crippen molar-refractivity contribution in [3.63, 3.8) is 0 Å². The van der Waals surface area contributed by atoms with Gasteiger partial charge in [-0.25, -0.2) is 4.39 Å². The molecular weight excluding hydrogens is 193 g/mol. The molecule has 0 aliphatic rings. The monoisotopic (exact) mass is 203 g/mol. The number of hydrogen-bond donors (Lipinski definition) is 1. The summed E-state index contributed by atoms with van der Waals surface area (Å²) < 4.78 is 12.9. The van der Waals surface area contributed by atoms with Crippen molar-refractivity contribution in [1.82, 2.24) is 5.48 Å². The summed E-state index contributed by atoms with van der Waals surface area (Å²) in [6.07, 6.45) is 0. The Labute approximate surface area is 81.6 Å². The average molecular weight is 204 g/mol. The molecule has 0 saturated carbocycles. The molecule has 0 heterocycles. The van der Waals surface area contributed by atoms with Crippen LogP contribution in [0.1, 0.15) is 12.5 Å². The van der Waals surface area contributed by atoms with Crippen molar-refractivity contribution in [2.45, 2.75) is 13.5 Å². The zero-order chi connectivity index (χ0) is 9.68. The fourth-order valence-corrected chi connectivity index (χ4v) is 1.00. The molecule has 1 aromatic rings. The van der Waals surface area contributed by atoms with E-state index in [1.54, 1.807) is 6.07 Å². The fraction of sp³-hybridized carbons (Fsp3) is 0.333. The minimum Gasteiger partial charge on any atom is -0.302 e. The smallest absolute Gasteiger partial charge is 0.142 e. The van der Waals surface area contributed by atoms with Crippen molar-refractivity contribution in [1.29, 1.82) is 0 Å². The van der Waals surface area contributed by atoms with Crippen molar-refractivity contribution < 1.29 is 9.23 Å². The normalized spacial score (nSPS) is 10.4. The average Bonchev–Trinajstić information content (AvgIpc) is 2.12. The van der Waals surface area contributed by atoms with Gasteiger partial charge in [0.25, 0.3) is 0 Å². The van der Waals surface area contributed by atoms with Gasteiger partial charge in [-0.1, -0.05) is 17.7 Å². The SMILES string of the molecule is CCONCc1ccc(Cl)c(F)c1. The molecule has 0 aromatic heterocycles. The van der Waals surface area contributed by atoms with Gasteiger partial charge in [0.2, 0.25) is 0 Å². The minimum atomic E-state index is -0.405. The molecule has 0 fully saturated rings. The van der Waals surface area contributed by atoms with Gasteiger partial charge in [0, 0.05) is 6.54 Å². The molecule has 0 aliphatic carbocycles. The molecule has 0 spiro atoms. The lowest BCUT2D eigenvalue weighted by molar-refractivity contribution is 0.0463. The molecule has 0 saturated heterocycles. The summed E-state index contributed by atoms with van der Waals surface area (Å²) in [6, 6.07) is 4.66. The van der Waals surface area contributed by atoms with E-state index in [1.165, 1.54) is 12.1 Å². The maximum absolute atomic E-state index is 12.9. The number of rotatable bonds is 4. The Kier molecular flexibility index (Phi) is 4.15. The van der Waals surface area contributed by atoms with Gasteiger partial charge in [-0.2, -0.15) is 5.48 Å². The lowest BCUT2D eigenvalue weighted by atomic mass is 10.2. The van der Waals surface area contributed by atoms with Crippen LogP contribution in [0.25, 0.3) is 0 Å². The van der Waals surface area contributed by atoms with Crippen LogP contribution in [-0.2, 0) is 11.4 Å². The molecule has 0 atom stereocenters. The van der Waals surface area contributed by atoms with Crippen molar-refractivity contribution >= 4 is 11.6 Å². The number of hydroxylamine groups is 1. The molecule has 1 N–H and O–H groups in total. The quantitative estimate of drug-likeness (QED) is 0.600. The summed E-state index contributed by atoms with van der Waals surface area (Å²) in [5.41, 5.74) is 3.49. The maximum atomic E-state index is 12.9. The van der Waals surface area contributed by atoms with Gasteiger partial charge in [-0.15, -0.1) is 0 Å². The summed E-state index contributed by atoms with van der Waals surface area (Å²) in [7, 11) is 0. The Bertz CT molecular complexity index is 280. The van der Waals surface area contributed by atoms with E-state index in [-0.39, 0.29) is 5.02 Å². The third kappa shape index (κ3) is 3.30. The Morgan fingerprint density at radius 2 is 2.31 bits per heavy atom. The van der Waals surface area contributed by atoms with Gasteiger partial charge in [-0.05, 0) is 24.6 Å². The standard InChI is InChI=1S/C9H11ClFNO/c1-2-13-12-6-7-3-4-8(10)9(11)5-7/h3-5,12H,2,6H2,1H3. The molecule has 72 valence electrons. The second kappa shape index (κ2) is 5.17. The molecule has 0 amide bonds. The van der Waals surface area contributed by atoms with Gasteiger partial charge in [0.15, 0.2) is 0 Å². The van der Waals surface area contributed by atoms with E-state index in [9.17, 15) is 4.39 Å². The molecule has 1 aromatic carbocycles. The van der Waals surface area contributed by atoms with E-state index >= 15 is 0 Å². The van der Waals surface area contributed by atoms with Crippen molar-refractivity contribution in [2.75, 3.05) is 6.61 Å². The number of nitrogens with one attached hydrogen (secondary N) is 1. The van der Waals surface area contributed by atoms with Crippen LogP contribution in [0.3, 0.4) is 0 Å². The Morgan fingerprint density at radius 1 is 1.54 bits per heavy atom. The van der Waals surface area contributed by atoms with E-state index in [2.05, 4.69) is 5.48 Å². The summed E-state index contributed by atoms with van der Waals surface area (Å²) in [5, 5.41) is 0.139. The highest BCUT2D eigenvalue weighted by Gasteiger charge is 1.99. The molecule has 0 aliphatic heterocycles. The van der Waals surface area contributed by atoms with E-state index in [0.717, 1.165) is 5.56 Å². The van der Waals surface area contributed by atoms with Crippen LogP contribution in [-0.4, -0.2) is 6.61 Å². The van der Waals surface area contributed by atoms with Crippen molar-refractivity contribution in [2.24, 2.45) is 0 Å². The van der Waals surface area contributed by atoms with Crippen LogP contribution in [0.4, 0.5) is 4.39 Å². The third-order valence-electron chi connectivity index (χ3n) is 1.51. The van der Waals surface area contributed by atoms with Crippen LogP contribution < -0.4 is 5.48 Å². The first-order chi connectivity index (χ1) is 6.24. The van der Waals surface area contributed by atoms with E-state index in [0.29, 0.717) is 13.2 Å². The number of halogens is 2. The second-order valence-electron chi connectivity index (χ2n) is 2.50. The lowest BCUT2D eigenvalue weighted by Crippen LogP contribution is -2.13. The predicted molar refractivity (Wildman–Crippen MR) is 49.9 cm³/mol. The highest BCUT2D eigenvalue weighted by atomic mass is 35.5. The summed E-state index contributed by atoms with van der Waals surface area (Å²) in [6.45, 7) is 2.92. The van der Waals surface area contributed by atoms with E-state index in [1.807, 2.05) is 6.92 Å². The van der Waals surface area contributed by atoms with Crippen LogP contribution in [0.5, 0.6) is 0 Å². The molecule has 13 heavy (non-hydrogen) atoms. The lowest BCUT2D eigenvalue weighted by Gasteiger charge is -2.04. The Morgan fingerprint density at radius 3 is 2.92 bits per heavy atom. The molecule has 2 nitrogen and oxygen atoms in total. The van der Waals surface area contributed by atoms with E-state index < -0.39 is 5.82 Å². The second-order valence-corrected chi connectivity index (χ2v) is 2.91.